The Hall–Kier alpha value is -3.78. The fourth-order valence-corrected chi connectivity index (χ4v) is 5.38. The van der Waals surface area contributed by atoms with Gasteiger partial charge in [-0.25, -0.2) is 30.2 Å². The van der Waals surface area contributed by atoms with Gasteiger partial charge in [-0.15, -0.1) is 0 Å². The minimum absolute atomic E-state index is 0.383. The lowest BCUT2D eigenvalue weighted by Gasteiger charge is -2.21. The Kier molecular flexibility index (Phi) is 11.5. The van der Waals surface area contributed by atoms with E-state index in [1.807, 2.05) is 31.7 Å². The first-order chi connectivity index (χ1) is 20.3. The number of hydrogen-bond acceptors (Lipinski definition) is 6. The first kappa shape index (κ1) is 31.2. The van der Waals surface area contributed by atoms with Crippen LogP contribution in [0, 0.1) is 20.2 Å². The van der Waals surface area contributed by atoms with Gasteiger partial charge in [0.15, 0.2) is 10.1 Å². The minimum Gasteiger partial charge on any atom is -0.336 e. The molecule has 226 valence electrons. The fourth-order valence-electron chi connectivity index (χ4n) is 5.16. The number of rotatable bonds is 15. The van der Waals surface area contributed by atoms with Crippen molar-refractivity contribution >= 4 is 35.1 Å². The Balaban J connectivity index is 1.15. The molecule has 2 aromatic heterocycles. The standard InChI is InChI=1S/C26H34Cl2N10O4/c27-23-9-7-21(17-29-23)19-35-15-13-33(25(35)31-37(39)40)11-5-3-1-2-4-6-12-34-14-16-36(26(34)32-38(41)42)20-22-8-10-24(28)30-18-22/h7-10,17-18H,1-6,11-16,19-20H2/b31-25-,32-26+. The van der Waals surface area contributed by atoms with Crippen LogP contribution in [0.5, 0.6) is 0 Å². The first-order valence-electron chi connectivity index (χ1n) is 13.9. The molecule has 2 aliphatic rings. The Labute approximate surface area is 253 Å². The van der Waals surface area contributed by atoms with Crippen molar-refractivity contribution in [3.63, 3.8) is 0 Å². The van der Waals surface area contributed by atoms with Crippen LogP contribution in [0.4, 0.5) is 0 Å². The zero-order valence-corrected chi connectivity index (χ0v) is 24.7. The second-order valence-electron chi connectivity index (χ2n) is 10.2. The molecule has 0 atom stereocenters. The van der Waals surface area contributed by atoms with Gasteiger partial charge in [0, 0.05) is 64.8 Å². The third-order valence-corrected chi connectivity index (χ3v) is 7.63. The molecule has 0 saturated carbocycles. The van der Waals surface area contributed by atoms with Crippen LogP contribution < -0.4 is 0 Å². The van der Waals surface area contributed by atoms with Crippen LogP contribution in [0.1, 0.15) is 49.7 Å². The maximum atomic E-state index is 11.2. The summed E-state index contributed by atoms with van der Waals surface area (Å²) in [6, 6.07) is 7.12. The quantitative estimate of drug-likeness (QED) is 0.123. The van der Waals surface area contributed by atoms with Crippen molar-refractivity contribution in [1.29, 1.82) is 0 Å². The van der Waals surface area contributed by atoms with E-state index in [2.05, 4.69) is 20.2 Å². The van der Waals surface area contributed by atoms with Crippen molar-refractivity contribution in [3.05, 3.63) is 78.3 Å². The van der Waals surface area contributed by atoms with Crippen molar-refractivity contribution in [2.75, 3.05) is 39.3 Å². The lowest BCUT2D eigenvalue weighted by molar-refractivity contribution is -0.486. The molecule has 14 nitrogen and oxygen atoms in total. The van der Waals surface area contributed by atoms with E-state index in [0.29, 0.717) is 74.6 Å². The van der Waals surface area contributed by atoms with Crippen LogP contribution in [-0.2, 0) is 13.1 Å². The molecule has 0 bridgehead atoms. The summed E-state index contributed by atoms with van der Waals surface area (Å²) in [5.41, 5.74) is 1.82. The zero-order chi connectivity index (χ0) is 29.9. The van der Waals surface area contributed by atoms with Gasteiger partial charge in [-0.05, 0) is 36.1 Å². The Bertz CT molecular complexity index is 1170. The molecule has 2 fully saturated rings. The average Bonchev–Trinajstić information content (AvgIpc) is 3.50. The molecule has 0 N–H and O–H groups in total. The van der Waals surface area contributed by atoms with Crippen molar-refractivity contribution in [2.24, 2.45) is 10.2 Å². The number of aromatic nitrogens is 2. The van der Waals surface area contributed by atoms with E-state index in [-0.39, 0.29) is 0 Å². The number of nitro groups is 2. The third-order valence-electron chi connectivity index (χ3n) is 7.18. The Morgan fingerprint density at radius 2 is 1.02 bits per heavy atom. The molecule has 0 aromatic carbocycles. The van der Waals surface area contributed by atoms with E-state index in [9.17, 15) is 20.2 Å². The van der Waals surface area contributed by atoms with Crippen molar-refractivity contribution < 1.29 is 10.1 Å². The van der Waals surface area contributed by atoms with Crippen molar-refractivity contribution in [3.8, 4) is 0 Å². The van der Waals surface area contributed by atoms with Crippen molar-refractivity contribution in [1.82, 2.24) is 29.6 Å². The molecule has 16 heteroatoms. The molecule has 0 amide bonds. The molecule has 42 heavy (non-hydrogen) atoms. The largest absolute Gasteiger partial charge is 0.336 e. The topological polar surface area (TPSA) is 150 Å². The molecule has 4 rings (SSSR count). The first-order valence-corrected chi connectivity index (χ1v) is 14.7. The lowest BCUT2D eigenvalue weighted by Crippen LogP contribution is -2.35. The summed E-state index contributed by atoms with van der Waals surface area (Å²) in [6.07, 6.45) is 9.25. The number of guanidine groups is 2. The number of pyridine rings is 2. The number of halogens is 2. The second-order valence-corrected chi connectivity index (χ2v) is 11.0. The van der Waals surface area contributed by atoms with Crippen molar-refractivity contribution in [2.45, 2.75) is 51.6 Å². The molecule has 2 aliphatic heterocycles. The highest BCUT2D eigenvalue weighted by atomic mass is 35.5. The molecule has 4 heterocycles. The number of unbranched alkanes of at least 4 members (excludes halogenated alkanes) is 5. The highest BCUT2D eigenvalue weighted by Gasteiger charge is 2.30. The monoisotopic (exact) mass is 620 g/mol. The van der Waals surface area contributed by atoms with Gasteiger partial charge in [-0.3, -0.25) is 0 Å². The zero-order valence-electron chi connectivity index (χ0n) is 23.2. The maximum absolute atomic E-state index is 11.2. The summed E-state index contributed by atoms with van der Waals surface area (Å²) in [5.74, 6) is 0.767. The Morgan fingerprint density at radius 3 is 1.38 bits per heavy atom. The molecular weight excluding hydrogens is 587 g/mol. The number of hydrogen-bond donors (Lipinski definition) is 0. The molecule has 0 unspecified atom stereocenters. The number of nitrogens with zero attached hydrogens (tertiary/aromatic N) is 10. The van der Waals surface area contributed by atoms with Gasteiger partial charge in [0.05, 0.1) is 0 Å². The summed E-state index contributed by atoms with van der Waals surface area (Å²) in [4.78, 5) is 38.3. The third kappa shape index (κ3) is 9.38. The van der Waals surface area contributed by atoms with Gasteiger partial charge in [0.2, 0.25) is 0 Å². The predicted molar refractivity (Wildman–Crippen MR) is 159 cm³/mol. The molecule has 0 spiro atoms. The smallest absolute Gasteiger partial charge is 0.274 e. The van der Waals surface area contributed by atoms with Crippen LogP contribution in [-0.4, -0.2) is 90.8 Å². The van der Waals surface area contributed by atoms with Gasteiger partial charge in [0.25, 0.3) is 11.9 Å². The number of hydrazone groups is 2. The highest BCUT2D eigenvalue weighted by Crippen LogP contribution is 2.18. The summed E-state index contributed by atoms with van der Waals surface area (Å²) in [5, 5.41) is 29.2. The van der Waals surface area contributed by atoms with E-state index in [1.165, 1.54) is 0 Å². The fraction of sp³-hybridized carbons (Fsp3) is 0.538. The van der Waals surface area contributed by atoms with Gasteiger partial charge >= 0.3 is 0 Å². The van der Waals surface area contributed by atoms with E-state index < -0.39 is 10.1 Å². The van der Waals surface area contributed by atoms with E-state index in [0.717, 1.165) is 49.7 Å². The van der Waals surface area contributed by atoms with Crippen LogP contribution in [0.25, 0.3) is 0 Å². The molecule has 0 radical (unpaired) electrons. The molecule has 2 saturated heterocycles. The summed E-state index contributed by atoms with van der Waals surface area (Å²) >= 11 is 11.7. The SMILES string of the molecule is O=[N+]([O-])/N=C1/N(CCCCCCCCN2CCN(Cc3ccc(Cl)nc3)/C2=N/[N+](=O)[O-])CCN1Cc1ccc(Cl)nc1. The average molecular weight is 622 g/mol. The summed E-state index contributed by atoms with van der Waals surface area (Å²) in [7, 11) is 0. The van der Waals surface area contributed by atoms with Gasteiger partial charge in [0.1, 0.15) is 20.5 Å². The van der Waals surface area contributed by atoms with E-state index in [4.69, 9.17) is 23.2 Å². The van der Waals surface area contributed by atoms with E-state index >= 15 is 0 Å². The molecule has 2 aromatic rings. The Morgan fingerprint density at radius 1 is 0.643 bits per heavy atom. The molecular formula is C26H34Cl2N10O4. The van der Waals surface area contributed by atoms with E-state index in [1.54, 1.807) is 24.5 Å². The molecule has 0 aliphatic carbocycles. The maximum Gasteiger partial charge on any atom is 0.274 e. The van der Waals surface area contributed by atoms with Crippen LogP contribution in [0.15, 0.2) is 46.9 Å². The summed E-state index contributed by atoms with van der Waals surface area (Å²) < 4.78 is 0. The highest BCUT2D eigenvalue weighted by molar-refractivity contribution is 6.29. The minimum atomic E-state index is -0.642. The van der Waals surface area contributed by atoms with Gasteiger partial charge in [-0.1, -0.05) is 61.0 Å². The van der Waals surface area contributed by atoms with Crippen LogP contribution >= 0.6 is 23.2 Å². The lowest BCUT2D eigenvalue weighted by atomic mass is 10.1. The normalized spacial score (nSPS) is 17.2. The van der Waals surface area contributed by atoms with Gasteiger partial charge in [-0.2, -0.15) is 0 Å². The second kappa shape index (κ2) is 15.4. The predicted octanol–water partition coefficient (Wildman–Crippen LogP) is 4.15. The van der Waals surface area contributed by atoms with Crippen LogP contribution in [0.3, 0.4) is 0 Å². The summed E-state index contributed by atoms with van der Waals surface area (Å²) in [6.45, 7) is 5.05. The van der Waals surface area contributed by atoms with Crippen LogP contribution in [0.2, 0.25) is 10.3 Å². The van der Waals surface area contributed by atoms with Gasteiger partial charge < -0.3 is 19.6 Å².